The molecular formula is C37H30N4O6S3. The fraction of sp³-hybridized carbons (Fsp3) is 0.189. The van der Waals surface area contributed by atoms with Gasteiger partial charge < -0.3 is 18.3 Å². The second-order valence-electron chi connectivity index (χ2n) is 11.6. The standard InChI is InChI=1S/C37H30N4O6S3/c1-44-29-12-11-22(17-31(29)45-2)13-14-40-36(43)34-24(32-10-6-16-48-32)20-49-35(34)38-37(40)50-21-33(42)41-26(28-9-5-15-46-28)19-25(39-41)30-18-23-7-3-4-8-27(23)47-30/h3-12,15-18,20,26H,13-14,19,21H2,1-2H3. The van der Waals surface area contributed by atoms with Crippen LogP contribution in [0.25, 0.3) is 31.6 Å². The average Bonchev–Trinajstić information content (AvgIpc) is 3.98. The summed E-state index contributed by atoms with van der Waals surface area (Å²) in [5.74, 6) is 2.25. The molecule has 0 saturated heterocycles. The molecule has 252 valence electrons. The topological polar surface area (TPSA) is 112 Å². The van der Waals surface area contributed by atoms with Crippen LogP contribution in [0, 0.1) is 0 Å². The Labute approximate surface area is 298 Å². The number of thioether (sulfide) groups is 1. The van der Waals surface area contributed by atoms with Crippen LogP contribution in [0.1, 0.15) is 29.5 Å². The first kappa shape index (κ1) is 32.1. The molecule has 10 nitrogen and oxygen atoms in total. The van der Waals surface area contributed by atoms with Gasteiger partial charge in [-0.05, 0) is 59.8 Å². The third-order valence-electron chi connectivity index (χ3n) is 8.59. The summed E-state index contributed by atoms with van der Waals surface area (Å²) >= 11 is 4.24. The highest BCUT2D eigenvalue weighted by atomic mass is 32.2. The van der Waals surface area contributed by atoms with Crippen LogP contribution in [-0.2, 0) is 17.8 Å². The molecule has 5 aromatic heterocycles. The maximum Gasteiger partial charge on any atom is 0.263 e. The first-order valence-corrected chi connectivity index (χ1v) is 18.6. The minimum Gasteiger partial charge on any atom is -0.493 e. The van der Waals surface area contributed by atoms with E-state index in [1.165, 1.54) is 28.1 Å². The van der Waals surface area contributed by atoms with Gasteiger partial charge in [-0.3, -0.25) is 14.2 Å². The van der Waals surface area contributed by atoms with Crippen molar-refractivity contribution in [2.24, 2.45) is 5.10 Å². The van der Waals surface area contributed by atoms with Crippen molar-refractivity contribution < 1.29 is 23.1 Å². The smallest absolute Gasteiger partial charge is 0.263 e. The summed E-state index contributed by atoms with van der Waals surface area (Å²) in [4.78, 5) is 34.9. The molecule has 7 aromatic rings. The first-order chi connectivity index (χ1) is 24.5. The Balaban J connectivity index is 1.11. The number of benzene rings is 2. The number of para-hydroxylation sites is 1. The largest absolute Gasteiger partial charge is 0.493 e. The minimum absolute atomic E-state index is 0.00554. The van der Waals surface area contributed by atoms with Gasteiger partial charge in [0, 0.05) is 34.2 Å². The molecule has 1 unspecified atom stereocenters. The van der Waals surface area contributed by atoms with Gasteiger partial charge in [0.2, 0.25) is 0 Å². The van der Waals surface area contributed by atoms with E-state index in [1.807, 2.05) is 77.5 Å². The van der Waals surface area contributed by atoms with Crippen LogP contribution in [0.5, 0.6) is 11.5 Å². The molecule has 0 saturated carbocycles. The minimum atomic E-state index is -0.436. The van der Waals surface area contributed by atoms with E-state index in [4.69, 9.17) is 28.4 Å². The van der Waals surface area contributed by atoms with E-state index in [-0.39, 0.29) is 17.2 Å². The third kappa shape index (κ3) is 6.01. The summed E-state index contributed by atoms with van der Waals surface area (Å²) in [6.45, 7) is 0.348. The lowest BCUT2D eigenvalue weighted by Crippen LogP contribution is -2.29. The number of rotatable bonds is 11. The Hall–Kier alpha value is -5.11. The summed E-state index contributed by atoms with van der Waals surface area (Å²) in [7, 11) is 3.19. The lowest BCUT2D eigenvalue weighted by molar-refractivity contribution is -0.130. The highest BCUT2D eigenvalue weighted by Crippen LogP contribution is 2.37. The normalized spacial score (nSPS) is 14.5. The summed E-state index contributed by atoms with van der Waals surface area (Å²) < 4.78 is 24.4. The number of methoxy groups -OCH3 is 2. The average molecular weight is 723 g/mol. The zero-order chi connectivity index (χ0) is 34.2. The quantitative estimate of drug-likeness (QED) is 0.0970. The van der Waals surface area contributed by atoms with Crippen LogP contribution < -0.4 is 15.0 Å². The molecule has 0 bridgehead atoms. The molecule has 1 aliphatic rings. The van der Waals surface area contributed by atoms with Crippen LogP contribution in [0.4, 0.5) is 0 Å². The van der Waals surface area contributed by atoms with Crippen LogP contribution in [-0.4, -0.2) is 46.2 Å². The summed E-state index contributed by atoms with van der Waals surface area (Å²) in [6, 6.07) is 22.6. The lowest BCUT2D eigenvalue weighted by atomic mass is 10.1. The number of hydrogen-bond donors (Lipinski definition) is 0. The molecule has 13 heteroatoms. The van der Waals surface area contributed by atoms with E-state index < -0.39 is 6.04 Å². The van der Waals surface area contributed by atoms with Crippen molar-refractivity contribution in [1.82, 2.24) is 14.6 Å². The SMILES string of the molecule is COc1ccc(CCn2c(SCC(=O)N3N=C(c4cc5ccccc5o4)CC3c3ccco3)nc3scc(-c4cccs4)c3c2=O)cc1OC. The maximum atomic E-state index is 14.3. The van der Waals surface area contributed by atoms with Gasteiger partial charge in [0.25, 0.3) is 11.5 Å². The number of aryl methyl sites for hydroxylation is 1. The van der Waals surface area contributed by atoms with Gasteiger partial charge in [-0.25, -0.2) is 9.99 Å². The van der Waals surface area contributed by atoms with Crippen LogP contribution in [0.2, 0.25) is 0 Å². The molecule has 0 spiro atoms. The van der Waals surface area contributed by atoms with Crippen molar-refractivity contribution in [1.29, 1.82) is 0 Å². The molecule has 50 heavy (non-hydrogen) atoms. The van der Waals surface area contributed by atoms with Crippen LogP contribution in [0.15, 0.2) is 114 Å². The summed E-state index contributed by atoms with van der Waals surface area (Å²) in [5, 5.41) is 12.2. The molecule has 1 aliphatic heterocycles. The van der Waals surface area contributed by atoms with Crippen molar-refractivity contribution in [3.63, 3.8) is 0 Å². The van der Waals surface area contributed by atoms with Gasteiger partial charge in [-0.15, -0.1) is 22.7 Å². The number of fused-ring (bicyclic) bond motifs is 2. The second-order valence-corrected chi connectivity index (χ2v) is 14.3. The van der Waals surface area contributed by atoms with E-state index >= 15 is 0 Å². The molecule has 8 rings (SSSR count). The number of furan rings is 2. The maximum absolute atomic E-state index is 14.3. The van der Waals surface area contributed by atoms with Crippen molar-refractivity contribution in [3.05, 3.63) is 117 Å². The molecule has 0 fully saturated rings. The lowest BCUT2D eigenvalue weighted by Gasteiger charge is -2.20. The first-order valence-electron chi connectivity index (χ1n) is 15.8. The molecule has 0 radical (unpaired) electrons. The van der Waals surface area contributed by atoms with Crippen molar-refractivity contribution >= 4 is 67.2 Å². The van der Waals surface area contributed by atoms with Crippen LogP contribution in [0.3, 0.4) is 0 Å². The number of ether oxygens (including phenoxy) is 2. The highest BCUT2D eigenvalue weighted by molar-refractivity contribution is 7.99. The number of hydrazone groups is 1. The number of nitrogens with zero attached hydrogens (tertiary/aromatic N) is 4. The van der Waals surface area contributed by atoms with Gasteiger partial charge in [-0.1, -0.05) is 42.1 Å². The number of carbonyl (C=O) groups excluding carboxylic acids is 1. The van der Waals surface area contributed by atoms with E-state index in [0.717, 1.165) is 27.0 Å². The van der Waals surface area contributed by atoms with Crippen molar-refractivity contribution in [2.45, 2.75) is 30.6 Å². The number of carbonyl (C=O) groups is 1. The van der Waals surface area contributed by atoms with Gasteiger partial charge in [0.05, 0.1) is 31.6 Å². The molecule has 2 aromatic carbocycles. The van der Waals surface area contributed by atoms with Gasteiger partial charge in [0.15, 0.2) is 22.4 Å². The van der Waals surface area contributed by atoms with Crippen molar-refractivity contribution in [2.75, 3.05) is 20.0 Å². The van der Waals surface area contributed by atoms with E-state index in [0.29, 0.717) is 63.5 Å². The van der Waals surface area contributed by atoms with Crippen molar-refractivity contribution in [3.8, 4) is 21.9 Å². The zero-order valence-corrected chi connectivity index (χ0v) is 29.5. The number of aromatic nitrogens is 2. The zero-order valence-electron chi connectivity index (χ0n) is 27.0. The molecule has 6 heterocycles. The van der Waals surface area contributed by atoms with Crippen LogP contribution >= 0.6 is 34.4 Å². The third-order valence-corrected chi connectivity index (χ3v) is 11.3. The molecule has 1 amide bonds. The van der Waals surface area contributed by atoms with E-state index in [1.54, 1.807) is 42.5 Å². The fourth-order valence-corrected chi connectivity index (χ4v) is 8.79. The van der Waals surface area contributed by atoms with Gasteiger partial charge in [0.1, 0.15) is 27.9 Å². The molecule has 0 N–H and O–H groups in total. The van der Waals surface area contributed by atoms with E-state index in [9.17, 15) is 9.59 Å². The van der Waals surface area contributed by atoms with Gasteiger partial charge >= 0.3 is 0 Å². The second kappa shape index (κ2) is 13.7. The number of thiophene rings is 2. The summed E-state index contributed by atoms with van der Waals surface area (Å²) in [6.07, 6.45) is 2.56. The predicted molar refractivity (Wildman–Crippen MR) is 197 cm³/mol. The Morgan fingerprint density at radius 1 is 1.02 bits per heavy atom. The van der Waals surface area contributed by atoms with E-state index in [2.05, 4.69) is 0 Å². The highest BCUT2D eigenvalue weighted by Gasteiger charge is 2.36. The number of amides is 1. The fourth-order valence-electron chi connectivity index (χ4n) is 6.11. The molecule has 0 aliphatic carbocycles. The summed E-state index contributed by atoms with van der Waals surface area (Å²) in [5.41, 5.74) is 3.11. The molecule has 1 atom stereocenters. The predicted octanol–water partition coefficient (Wildman–Crippen LogP) is 8.26. The molecular weight excluding hydrogens is 693 g/mol. The Morgan fingerprint density at radius 2 is 1.90 bits per heavy atom. The number of hydrogen-bond acceptors (Lipinski definition) is 11. The van der Waals surface area contributed by atoms with Gasteiger partial charge in [-0.2, -0.15) is 5.10 Å². The monoisotopic (exact) mass is 722 g/mol. The Kier molecular flexibility index (Phi) is 8.77. The Bertz CT molecular complexity index is 2380. The Morgan fingerprint density at radius 3 is 2.68 bits per heavy atom.